The third-order valence-electron chi connectivity index (χ3n) is 2.79. The molecular weight excluding hydrogens is 266 g/mol. The van der Waals surface area contributed by atoms with E-state index in [-0.39, 0.29) is 12.3 Å². The van der Waals surface area contributed by atoms with Crippen LogP contribution in [0.1, 0.15) is 31.7 Å². The van der Waals surface area contributed by atoms with Crippen molar-refractivity contribution >= 4 is 23.5 Å². The highest BCUT2D eigenvalue weighted by Gasteiger charge is 2.19. The summed E-state index contributed by atoms with van der Waals surface area (Å²) in [5.41, 5.74) is 0.696. The third-order valence-corrected chi connectivity index (χ3v) is 3.16. The summed E-state index contributed by atoms with van der Waals surface area (Å²) in [4.78, 5) is 22.8. The Kier molecular flexibility index (Phi) is 6.36. The Morgan fingerprint density at radius 2 is 2.05 bits per heavy atom. The summed E-state index contributed by atoms with van der Waals surface area (Å²) < 4.78 is 0. The fraction of sp³-hybridized carbons (Fsp3) is 0.429. The van der Waals surface area contributed by atoms with Gasteiger partial charge < -0.3 is 10.4 Å². The average Bonchev–Trinajstić information content (AvgIpc) is 2.37. The normalized spacial score (nSPS) is 11.9. The average molecular weight is 284 g/mol. The molecule has 0 aliphatic carbocycles. The second-order valence-corrected chi connectivity index (χ2v) is 4.78. The Morgan fingerprint density at radius 1 is 1.37 bits per heavy atom. The highest BCUT2D eigenvalue weighted by Crippen LogP contribution is 2.15. The molecule has 1 aromatic rings. The third kappa shape index (κ3) is 5.30. The van der Waals surface area contributed by atoms with Gasteiger partial charge in [0.1, 0.15) is 6.04 Å². The van der Waals surface area contributed by atoms with Gasteiger partial charge in [-0.25, -0.2) is 4.79 Å². The second-order valence-electron chi connectivity index (χ2n) is 4.37. The lowest BCUT2D eigenvalue weighted by Gasteiger charge is -2.14. The van der Waals surface area contributed by atoms with E-state index in [2.05, 4.69) is 5.32 Å². The van der Waals surface area contributed by atoms with Crippen molar-refractivity contribution in [2.45, 2.75) is 38.6 Å². The number of amides is 1. The van der Waals surface area contributed by atoms with E-state index in [1.54, 1.807) is 24.3 Å². The first-order chi connectivity index (χ1) is 9.04. The van der Waals surface area contributed by atoms with Crippen molar-refractivity contribution in [3.05, 3.63) is 34.9 Å². The van der Waals surface area contributed by atoms with Crippen molar-refractivity contribution in [1.82, 2.24) is 5.32 Å². The molecule has 1 aromatic carbocycles. The van der Waals surface area contributed by atoms with Gasteiger partial charge >= 0.3 is 5.97 Å². The SMILES string of the molecule is CCCCC(NC(=O)Cc1ccccc1Cl)C(=O)O. The zero-order valence-corrected chi connectivity index (χ0v) is 11.6. The van der Waals surface area contributed by atoms with Crippen molar-refractivity contribution in [3.8, 4) is 0 Å². The number of hydrogen-bond acceptors (Lipinski definition) is 2. The van der Waals surface area contributed by atoms with Gasteiger partial charge in [-0.1, -0.05) is 49.6 Å². The largest absolute Gasteiger partial charge is 0.480 e. The smallest absolute Gasteiger partial charge is 0.326 e. The fourth-order valence-electron chi connectivity index (χ4n) is 1.73. The van der Waals surface area contributed by atoms with Crippen LogP contribution in [0.5, 0.6) is 0 Å². The molecule has 5 heteroatoms. The van der Waals surface area contributed by atoms with Crippen molar-refractivity contribution in [2.75, 3.05) is 0 Å². The summed E-state index contributed by atoms with van der Waals surface area (Å²) >= 11 is 5.95. The number of halogens is 1. The van der Waals surface area contributed by atoms with Gasteiger partial charge in [0.05, 0.1) is 6.42 Å². The van der Waals surface area contributed by atoms with Crippen molar-refractivity contribution in [1.29, 1.82) is 0 Å². The van der Waals surface area contributed by atoms with Crippen LogP contribution in [0, 0.1) is 0 Å². The van der Waals surface area contributed by atoms with Gasteiger partial charge in [0.15, 0.2) is 0 Å². The lowest BCUT2D eigenvalue weighted by Crippen LogP contribution is -2.41. The number of carbonyl (C=O) groups excluding carboxylic acids is 1. The molecule has 0 heterocycles. The summed E-state index contributed by atoms with van der Waals surface area (Å²) in [6, 6.07) is 6.21. The molecule has 0 fully saturated rings. The van der Waals surface area contributed by atoms with Crippen molar-refractivity contribution in [3.63, 3.8) is 0 Å². The van der Waals surface area contributed by atoms with Crippen LogP contribution in [0.4, 0.5) is 0 Å². The topological polar surface area (TPSA) is 66.4 Å². The maximum Gasteiger partial charge on any atom is 0.326 e. The molecule has 0 aliphatic heterocycles. The van der Waals surface area contributed by atoms with Gasteiger partial charge in [-0.15, -0.1) is 0 Å². The minimum atomic E-state index is -0.999. The number of carboxylic acid groups (broad SMARTS) is 1. The van der Waals surface area contributed by atoms with E-state index in [9.17, 15) is 9.59 Å². The van der Waals surface area contributed by atoms with Crippen LogP contribution in [-0.2, 0) is 16.0 Å². The molecule has 0 aliphatic rings. The highest BCUT2D eigenvalue weighted by molar-refractivity contribution is 6.31. The highest BCUT2D eigenvalue weighted by atomic mass is 35.5. The summed E-state index contributed by atoms with van der Waals surface area (Å²) in [5, 5.41) is 12.1. The molecule has 1 atom stereocenters. The molecule has 2 N–H and O–H groups in total. The molecule has 104 valence electrons. The lowest BCUT2D eigenvalue weighted by atomic mass is 10.1. The molecule has 0 saturated carbocycles. The van der Waals surface area contributed by atoms with E-state index in [0.717, 1.165) is 12.8 Å². The van der Waals surface area contributed by atoms with Crippen LogP contribution in [0.15, 0.2) is 24.3 Å². The van der Waals surface area contributed by atoms with Crippen LogP contribution in [0.3, 0.4) is 0 Å². The number of nitrogens with one attached hydrogen (secondary N) is 1. The van der Waals surface area contributed by atoms with E-state index in [1.807, 2.05) is 6.92 Å². The van der Waals surface area contributed by atoms with E-state index in [1.165, 1.54) is 0 Å². The number of benzene rings is 1. The first kappa shape index (κ1) is 15.5. The van der Waals surface area contributed by atoms with Crippen LogP contribution in [0.2, 0.25) is 5.02 Å². The first-order valence-corrected chi connectivity index (χ1v) is 6.68. The maximum absolute atomic E-state index is 11.8. The van der Waals surface area contributed by atoms with Crippen molar-refractivity contribution in [2.24, 2.45) is 0 Å². The molecule has 1 amide bonds. The van der Waals surface area contributed by atoms with E-state index >= 15 is 0 Å². The Balaban J connectivity index is 2.58. The van der Waals surface area contributed by atoms with Gasteiger partial charge in [-0.05, 0) is 18.1 Å². The summed E-state index contributed by atoms with van der Waals surface area (Å²) in [6.07, 6.45) is 2.20. The molecular formula is C14H18ClNO3. The van der Waals surface area contributed by atoms with Crippen LogP contribution in [0.25, 0.3) is 0 Å². The first-order valence-electron chi connectivity index (χ1n) is 6.30. The predicted octanol–water partition coefficient (Wildman–Crippen LogP) is 2.64. The zero-order valence-electron chi connectivity index (χ0n) is 10.9. The molecule has 1 rings (SSSR count). The van der Waals surface area contributed by atoms with Crippen molar-refractivity contribution < 1.29 is 14.7 Å². The Labute approximate surface area is 117 Å². The molecule has 0 bridgehead atoms. The zero-order chi connectivity index (χ0) is 14.3. The van der Waals surface area contributed by atoms with Crippen LogP contribution >= 0.6 is 11.6 Å². The lowest BCUT2D eigenvalue weighted by molar-refractivity contribution is -0.142. The quantitative estimate of drug-likeness (QED) is 0.808. The minimum Gasteiger partial charge on any atom is -0.480 e. The summed E-state index contributed by atoms with van der Waals surface area (Å²) in [6.45, 7) is 1.98. The molecule has 0 saturated heterocycles. The standard InChI is InChI=1S/C14H18ClNO3/c1-2-3-8-12(14(18)19)16-13(17)9-10-6-4-5-7-11(10)15/h4-7,12H,2-3,8-9H2,1H3,(H,16,17)(H,18,19). The molecule has 4 nitrogen and oxygen atoms in total. The predicted molar refractivity (Wildman–Crippen MR) is 74.2 cm³/mol. The monoisotopic (exact) mass is 283 g/mol. The van der Waals surface area contributed by atoms with E-state index in [0.29, 0.717) is 17.0 Å². The summed E-state index contributed by atoms with van der Waals surface area (Å²) in [5.74, 6) is -1.32. The van der Waals surface area contributed by atoms with Gasteiger partial charge in [-0.3, -0.25) is 4.79 Å². The van der Waals surface area contributed by atoms with Gasteiger partial charge in [-0.2, -0.15) is 0 Å². The maximum atomic E-state index is 11.8. The molecule has 1 unspecified atom stereocenters. The van der Waals surface area contributed by atoms with Gasteiger partial charge in [0, 0.05) is 5.02 Å². The van der Waals surface area contributed by atoms with Gasteiger partial charge in [0.25, 0.3) is 0 Å². The van der Waals surface area contributed by atoms with Crippen LogP contribution < -0.4 is 5.32 Å². The minimum absolute atomic E-state index is 0.0928. The number of aliphatic carboxylic acids is 1. The number of unbranched alkanes of at least 4 members (excludes halogenated alkanes) is 1. The Bertz CT molecular complexity index is 448. The number of carbonyl (C=O) groups is 2. The van der Waals surface area contributed by atoms with Gasteiger partial charge in [0.2, 0.25) is 5.91 Å². The van der Waals surface area contributed by atoms with Crippen LogP contribution in [-0.4, -0.2) is 23.0 Å². The Morgan fingerprint density at radius 3 is 2.63 bits per heavy atom. The fourth-order valence-corrected chi connectivity index (χ4v) is 1.93. The molecule has 0 radical (unpaired) electrons. The second kappa shape index (κ2) is 7.79. The number of rotatable bonds is 7. The number of hydrogen-bond donors (Lipinski definition) is 2. The Hall–Kier alpha value is -1.55. The van der Waals surface area contributed by atoms with E-state index in [4.69, 9.17) is 16.7 Å². The van der Waals surface area contributed by atoms with E-state index < -0.39 is 12.0 Å². The molecule has 0 aromatic heterocycles. The molecule has 19 heavy (non-hydrogen) atoms. The molecule has 0 spiro atoms. The summed E-state index contributed by atoms with van der Waals surface area (Å²) in [7, 11) is 0. The number of carboxylic acids is 1.